The van der Waals surface area contributed by atoms with Crippen LogP contribution >= 0.6 is 34.8 Å². The zero-order valence-electron chi connectivity index (χ0n) is 9.69. The minimum Gasteiger partial charge on any atom is -0.454 e. The number of sulfonamides is 1. The molecule has 19 heavy (non-hydrogen) atoms. The molecule has 106 valence electrons. The maximum atomic E-state index is 11.4. The van der Waals surface area contributed by atoms with Crippen LogP contribution in [0.1, 0.15) is 11.6 Å². The highest BCUT2D eigenvalue weighted by atomic mass is 35.6. The number of benzene rings is 1. The lowest BCUT2D eigenvalue weighted by molar-refractivity contribution is 0.174. The van der Waals surface area contributed by atoms with Crippen molar-refractivity contribution in [3.63, 3.8) is 0 Å². The summed E-state index contributed by atoms with van der Waals surface area (Å²) in [6, 6.07) is 3.79. The highest BCUT2D eigenvalue weighted by Gasteiger charge is 2.36. The number of hydrogen-bond acceptors (Lipinski definition) is 4. The van der Waals surface area contributed by atoms with Gasteiger partial charge in [0.25, 0.3) is 0 Å². The zero-order valence-corrected chi connectivity index (χ0v) is 12.8. The molecule has 0 radical (unpaired) electrons. The fraction of sp³-hybridized carbons (Fsp3) is 0.400. The molecule has 0 spiro atoms. The number of rotatable bonds is 3. The molecule has 1 aliphatic heterocycles. The second kappa shape index (κ2) is 5.18. The van der Waals surface area contributed by atoms with Crippen LogP contribution in [0.5, 0.6) is 11.5 Å². The Morgan fingerprint density at radius 3 is 2.47 bits per heavy atom. The molecule has 0 saturated heterocycles. The first-order chi connectivity index (χ1) is 8.67. The van der Waals surface area contributed by atoms with Crippen LogP contribution in [-0.4, -0.2) is 25.3 Å². The summed E-state index contributed by atoms with van der Waals surface area (Å²) in [4.78, 5) is 0. The maximum Gasteiger partial charge on any atom is 0.231 e. The number of alkyl halides is 3. The molecule has 0 aromatic heterocycles. The Kier molecular flexibility index (Phi) is 4.09. The molecule has 9 heteroatoms. The third-order valence-corrected chi connectivity index (χ3v) is 3.71. The number of halogens is 3. The number of fused-ring (bicyclic) bond motifs is 1. The predicted molar refractivity (Wildman–Crippen MR) is 73.6 cm³/mol. The number of ether oxygens (including phenoxy) is 2. The second-order valence-electron chi connectivity index (χ2n) is 3.98. The van der Waals surface area contributed by atoms with Crippen molar-refractivity contribution in [1.82, 2.24) is 4.72 Å². The van der Waals surface area contributed by atoms with Gasteiger partial charge in [0.2, 0.25) is 20.6 Å². The van der Waals surface area contributed by atoms with Crippen molar-refractivity contribution in [2.24, 2.45) is 0 Å². The van der Waals surface area contributed by atoms with E-state index in [0.29, 0.717) is 17.1 Å². The molecule has 1 aromatic rings. The van der Waals surface area contributed by atoms with Gasteiger partial charge in [-0.05, 0) is 17.7 Å². The third kappa shape index (κ3) is 3.79. The normalized spacial score (nSPS) is 16.4. The van der Waals surface area contributed by atoms with Crippen molar-refractivity contribution >= 4 is 44.8 Å². The Hall–Kier alpha value is -0.400. The predicted octanol–water partition coefficient (Wildman–Crippen LogP) is 2.38. The molecule has 2 rings (SSSR count). The van der Waals surface area contributed by atoms with Crippen LogP contribution in [0.4, 0.5) is 0 Å². The Morgan fingerprint density at radius 2 is 1.89 bits per heavy atom. The Balaban J connectivity index is 2.38. The lowest BCUT2D eigenvalue weighted by atomic mass is 10.1. The quantitative estimate of drug-likeness (QED) is 0.854. The Morgan fingerprint density at radius 1 is 1.26 bits per heavy atom. The molecule has 1 atom stereocenters. The molecule has 0 fully saturated rings. The largest absolute Gasteiger partial charge is 0.454 e. The van der Waals surface area contributed by atoms with E-state index in [0.717, 1.165) is 6.26 Å². The van der Waals surface area contributed by atoms with E-state index in [9.17, 15) is 8.42 Å². The minimum atomic E-state index is -3.54. The van der Waals surface area contributed by atoms with Gasteiger partial charge in [-0.25, -0.2) is 13.1 Å². The lowest BCUT2D eigenvalue weighted by Crippen LogP contribution is -2.35. The van der Waals surface area contributed by atoms with Crippen LogP contribution in [-0.2, 0) is 10.0 Å². The Labute approximate surface area is 125 Å². The zero-order chi connectivity index (χ0) is 14.3. The average Bonchev–Trinajstić information content (AvgIpc) is 2.69. The van der Waals surface area contributed by atoms with E-state index < -0.39 is 19.9 Å². The van der Waals surface area contributed by atoms with E-state index in [2.05, 4.69) is 4.72 Å². The van der Waals surface area contributed by atoms with Gasteiger partial charge in [-0.15, -0.1) is 0 Å². The summed E-state index contributed by atoms with van der Waals surface area (Å²) < 4.78 is 33.5. The van der Waals surface area contributed by atoms with E-state index in [1.165, 1.54) is 0 Å². The minimum absolute atomic E-state index is 0.108. The van der Waals surface area contributed by atoms with Crippen LogP contribution in [0, 0.1) is 0 Å². The van der Waals surface area contributed by atoms with E-state index in [1.807, 2.05) is 0 Å². The van der Waals surface area contributed by atoms with E-state index in [-0.39, 0.29) is 6.79 Å². The van der Waals surface area contributed by atoms with Crippen molar-refractivity contribution in [3.8, 4) is 11.5 Å². The molecular weight excluding hydrogens is 337 g/mol. The summed E-state index contributed by atoms with van der Waals surface area (Å²) in [6.45, 7) is 0.108. The molecule has 1 aliphatic rings. The van der Waals surface area contributed by atoms with Gasteiger partial charge >= 0.3 is 0 Å². The van der Waals surface area contributed by atoms with Gasteiger partial charge in [0.05, 0.1) is 12.3 Å². The van der Waals surface area contributed by atoms with Crippen molar-refractivity contribution in [2.75, 3.05) is 13.0 Å². The fourth-order valence-electron chi connectivity index (χ4n) is 1.63. The van der Waals surface area contributed by atoms with Gasteiger partial charge in [0.15, 0.2) is 11.5 Å². The summed E-state index contributed by atoms with van der Waals surface area (Å²) in [5.41, 5.74) is 0.467. The van der Waals surface area contributed by atoms with Crippen molar-refractivity contribution in [3.05, 3.63) is 23.8 Å². The standard InChI is InChI=1S/C10H10Cl3NO4S/c1-19(15,16)14-9(10(11,12)13)6-2-3-7-8(4-6)18-5-17-7/h2-4,9,14H,5H2,1H3/t9-/m1/s1. The van der Waals surface area contributed by atoms with Crippen molar-refractivity contribution in [1.29, 1.82) is 0 Å². The summed E-state index contributed by atoms with van der Waals surface area (Å²) >= 11 is 17.5. The summed E-state index contributed by atoms with van der Waals surface area (Å²) in [5.74, 6) is 1.04. The van der Waals surface area contributed by atoms with Gasteiger partial charge in [-0.2, -0.15) is 0 Å². The van der Waals surface area contributed by atoms with Crippen molar-refractivity contribution in [2.45, 2.75) is 9.83 Å². The SMILES string of the molecule is CS(=O)(=O)N[C@H](c1ccc2c(c1)OCO2)C(Cl)(Cl)Cl. The molecule has 0 aliphatic carbocycles. The molecule has 0 saturated carbocycles. The molecule has 1 aromatic carbocycles. The summed E-state index contributed by atoms with van der Waals surface area (Å²) in [6.07, 6.45) is 0.989. The highest BCUT2D eigenvalue weighted by Crippen LogP contribution is 2.43. The lowest BCUT2D eigenvalue weighted by Gasteiger charge is -2.25. The molecule has 0 bridgehead atoms. The first-order valence-electron chi connectivity index (χ1n) is 5.10. The monoisotopic (exact) mass is 345 g/mol. The van der Waals surface area contributed by atoms with Gasteiger partial charge in [-0.1, -0.05) is 40.9 Å². The van der Waals surface area contributed by atoms with Crippen LogP contribution in [0.25, 0.3) is 0 Å². The van der Waals surface area contributed by atoms with E-state index in [4.69, 9.17) is 44.3 Å². The van der Waals surface area contributed by atoms with Gasteiger partial charge in [0, 0.05) is 0 Å². The first kappa shape index (κ1) is 15.0. The summed E-state index contributed by atoms with van der Waals surface area (Å²) in [5, 5.41) is 0. The average molecular weight is 347 g/mol. The maximum absolute atomic E-state index is 11.4. The second-order valence-corrected chi connectivity index (χ2v) is 8.13. The van der Waals surface area contributed by atoms with Crippen LogP contribution in [0.3, 0.4) is 0 Å². The van der Waals surface area contributed by atoms with Gasteiger partial charge in [-0.3, -0.25) is 0 Å². The van der Waals surface area contributed by atoms with Crippen LogP contribution in [0.15, 0.2) is 18.2 Å². The molecule has 0 amide bonds. The first-order valence-corrected chi connectivity index (χ1v) is 8.13. The Bertz CT molecular complexity index is 585. The topological polar surface area (TPSA) is 64.6 Å². The van der Waals surface area contributed by atoms with Gasteiger partial charge in [0.1, 0.15) is 0 Å². The third-order valence-electron chi connectivity index (χ3n) is 2.39. The van der Waals surface area contributed by atoms with Crippen LogP contribution in [0.2, 0.25) is 0 Å². The summed E-state index contributed by atoms with van der Waals surface area (Å²) in [7, 11) is -3.54. The van der Waals surface area contributed by atoms with Crippen LogP contribution < -0.4 is 14.2 Å². The molecule has 5 nitrogen and oxygen atoms in total. The molecule has 0 unspecified atom stereocenters. The van der Waals surface area contributed by atoms with Gasteiger partial charge < -0.3 is 9.47 Å². The fourth-order valence-corrected chi connectivity index (χ4v) is 3.11. The van der Waals surface area contributed by atoms with Crippen molar-refractivity contribution < 1.29 is 17.9 Å². The molecule has 1 heterocycles. The number of nitrogens with one attached hydrogen (secondary N) is 1. The highest BCUT2D eigenvalue weighted by molar-refractivity contribution is 7.88. The smallest absolute Gasteiger partial charge is 0.231 e. The number of hydrogen-bond donors (Lipinski definition) is 1. The molecular formula is C10H10Cl3NO4S. The van der Waals surface area contributed by atoms with E-state index in [1.54, 1.807) is 18.2 Å². The molecule has 1 N–H and O–H groups in total. The van der Waals surface area contributed by atoms with E-state index >= 15 is 0 Å².